The monoisotopic (exact) mass is 648 g/mol. The Morgan fingerprint density at radius 1 is 0.978 bits per heavy atom. The van der Waals surface area contributed by atoms with Crippen LogP contribution in [0.5, 0.6) is 23.0 Å². The van der Waals surface area contributed by atoms with Gasteiger partial charge in [0, 0.05) is 36.9 Å². The molecular weight excluding hydrogens is 616 g/mol. The third kappa shape index (κ3) is 8.02. The maximum absolute atomic E-state index is 15.1. The van der Waals surface area contributed by atoms with Crippen LogP contribution in [0.15, 0.2) is 71.8 Å². The van der Waals surface area contributed by atoms with Crippen LogP contribution in [0, 0.1) is 5.82 Å². The van der Waals surface area contributed by atoms with Crippen LogP contribution >= 0.6 is 0 Å². The van der Waals surface area contributed by atoms with Crippen LogP contribution in [0.2, 0.25) is 0 Å². The van der Waals surface area contributed by atoms with Crippen molar-refractivity contribution in [1.82, 2.24) is 10.3 Å². The van der Waals surface area contributed by atoms with E-state index in [1.165, 1.54) is 37.6 Å². The highest BCUT2D eigenvalue weighted by molar-refractivity contribution is 7.90. The van der Waals surface area contributed by atoms with Crippen molar-refractivity contribution in [3.8, 4) is 23.0 Å². The lowest BCUT2D eigenvalue weighted by atomic mass is 10.1. The number of nitrogens with one attached hydrogen (secondary N) is 1. The van der Waals surface area contributed by atoms with E-state index in [4.69, 9.17) is 18.9 Å². The van der Waals surface area contributed by atoms with E-state index in [1.54, 1.807) is 12.1 Å². The van der Waals surface area contributed by atoms with Crippen LogP contribution < -0.4 is 19.5 Å². The van der Waals surface area contributed by atoms with Gasteiger partial charge < -0.3 is 24.3 Å². The van der Waals surface area contributed by atoms with Gasteiger partial charge in [-0.05, 0) is 67.8 Å². The maximum Gasteiger partial charge on any atom is 0.417 e. The number of halogens is 4. The molecule has 0 atom stereocenters. The number of aromatic nitrogens is 1. The van der Waals surface area contributed by atoms with E-state index < -0.39 is 38.0 Å². The summed E-state index contributed by atoms with van der Waals surface area (Å²) >= 11 is 0. The van der Waals surface area contributed by atoms with E-state index in [-0.39, 0.29) is 17.1 Å². The molecule has 8 nitrogen and oxygen atoms in total. The van der Waals surface area contributed by atoms with Crippen molar-refractivity contribution in [1.29, 1.82) is 0 Å². The molecular formula is C32H32F4N2O6S. The topological polar surface area (TPSA) is 96.0 Å². The van der Waals surface area contributed by atoms with E-state index in [2.05, 4.69) is 10.3 Å². The highest BCUT2D eigenvalue weighted by Crippen LogP contribution is 2.38. The van der Waals surface area contributed by atoms with Crippen molar-refractivity contribution < 1.29 is 44.9 Å². The van der Waals surface area contributed by atoms with Gasteiger partial charge in [-0.3, -0.25) is 4.98 Å². The van der Waals surface area contributed by atoms with E-state index in [0.29, 0.717) is 41.1 Å². The van der Waals surface area contributed by atoms with Crippen LogP contribution in [0.3, 0.4) is 0 Å². The normalized spacial score (nSPS) is 14.4. The number of methoxy groups -OCH3 is 1. The van der Waals surface area contributed by atoms with E-state index >= 15 is 4.39 Å². The highest BCUT2D eigenvalue weighted by atomic mass is 32.2. The molecule has 240 valence electrons. The highest BCUT2D eigenvalue weighted by Gasteiger charge is 2.36. The lowest BCUT2D eigenvalue weighted by Gasteiger charge is -2.23. The molecule has 1 saturated heterocycles. The minimum absolute atomic E-state index is 0.0390. The van der Waals surface area contributed by atoms with Crippen molar-refractivity contribution in [2.45, 2.75) is 42.1 Å². The first kappa shape index (κ1) is 32.5. The Morgan fingerprint density at radius 3 is 2.49 bits per heavy atom. The van der Waals surface area contributed by atoms with Gasteiger partial charge >= 0.3 is 6.18 Å². The van der Waals surface area contributed by atoms with Crippen molar-refractivity contribution in [2.75, 3.05) is 33.5 Å². The Bertz CT molecular complexity index is 1740. The molecule has 0 radical (unpaired) electrons. The smallest absolute Gasteiger partial charge is 0.417 e. The molecule has 45 heavy (non-hydrogen) atoms. The zero-order valence-electron chi connectivity index (χ0n) is 24.4. The zero-order valence-corrected chi connectivity index (χ0v) is 25.2. The van der Waals surface area contributed by atoms with Gasteiger partial charge in [0.15, 0.2) is 32.9 Å². The number of nitrogens with zero attached hydrogens (tertiary/aromatic N) is 1. The maximum atomic E-state index is 15.1. The molecule has 0 saturated carbocycles. The first-order valence-corrected chi connectivity index (χ1v) is 16.0. The fraction of sp³-hybridized carbons (Fsp3) is 0.344. The number of benzene rings is 3. The number of sulfone groups is 1. The zero-order chi connectivity index (χ0) is 32.0. The molecule has 0 bridgehead atoms. The Balaban J connectivity index is 1.28. The molecule has 0 amide bonds. The van der Waals surface area contributed by atoms with Gasteiger partial charge in [0.05, 0.1) is 35.4 Å². The molecule has 0 aliphatic carbocycles. The molecule has 1 aliphatic heterocycles. The fourth-order valence-corrected chi connectivity index (χ4v) is 6.64. The van der Waals surface area contributed by atoms with Crippen LogP contribution in [0.4, 0.5) is 17.6 Å². The molecule has 1 fully saturated rings. The van der Waals surface area contributed by atoms with E-state index in [1.807, 2.05) is 0 Å². The Hall–Kier alpha value is -3.94. The number of pyridine rings is 1. The summed E-state index contributed by atoms with van der Waals surface area (Å²) in [6, 6.07) is 12.7. The van der Waals surface area contributed by atoms with E-state index in [0.717, 1.165) is 57.2 Å². The predicted molar refractivity (Wildman–Crippen MR) is 159 cm³/mol. The number of fused-ring (bicyclic) bond motifs is 1. The number of rotatable bonds is 12. The Labute approximate surface area is 258 Å². The summed E-state index contributed by atoms with van der Waals surface area (Å²) in [5.41, 5.74) is -0.806. The second-order valence-corrected chi connectivity index (χ2v) is 12.4. The van der Waals surface area contributed by atoms with Crippen LogP contribution in [0.1, 0.15) is 30.4 Å². The molecule has 4 aromatic rings. The van der Waals surface area contributed by atoms with Gasteiger partial charge in [-0.25, -0.2) is 12.8 Å². The van der Waals surface area contributed by atoms with Gasteiger partial charge in [-0.2, -0.15) is 13.2 Å². The standard InChI is InChI=1S/C32H32F4N2O6S/c1-41-29-18-23-26(19-30(29)43-14-4-12-37-22-10-15-42-16-11-22)38-13-9-27(23)44-28-8-7-21(17-25(28)33)20-45(39,40)31-6-3-2-5-24(31)32(34,35)36/h2-3,5-9,13,17-19,22,37H,4,10-12,14-16,20H2,1H3. The summed E-state index contributed by atoms with van der Waals surface area (Å²) in [6.45, 7) is 2.79. The molecule has 2 heterocycles. The van der Waals surface area contributed by atoms with Gasteiger partial charge in [0.1, 0.15) is 5.75 Å². The number of ether oxygens (including phenoxy) is 4. The first-order valence-electron chi connectivity index (χ1n) is 14.3. The van der Waals surface area contributed by atoms with Crippen LogP contribution in [-0.2, 0) is 26.5 Å². The Kier molecular flexibility index (Phi) is 10.1. The Morgan fingerprint density at radius 2 is 1.76 bits per heavy atom. The van der Waals surface area contributed by atoms with Crippen molar-refractivity contribution in [3.05, 3.63) is 83.8 Å². The van der Waals surface area contributed by atoms with Gasteiger partial charge in [-0.15, -0.1) is 0 Å². The van der Waals surface area contributed by atoms with Crippen molar-refractivity contribution in [3.63, 3.8) is 0 Å². The fourth-order valence-electron chi connectivity index (χ4n) is 5.06. The average molecular weight is 649 g/mol. The molecule has 1 N–H and O–H groups in total. The lowest BCUT2D eigenvalue weighted by molar-refractivity contribution is -0.139. The molecule has 5 rings (SSSR count). The number of hydrogen-bond donors (Lipinski definition) is 1. The van der Waals surface area contributed by atoms with Gasteiger partial charge in [0.25, 0.3) is 0 Å². The van der Waals surface area contributed by atoms with Crippen LogP contribution in [-0.4, -0.2) is 52.9 Å². The number of alkyl halides is 3. The molecule has 3 aromatic carbocycles. The summed E-state index contributed by atoms with van der Waals surface area (Å²) in [5, 5.41) is 4.02. The number of hydrogen-bond acceptors (Lipinski definition) is 8. The third-order valence-corrected chi connectivity index (χ3v) is 9.06. The molecule has 1 aromatic heterocycles. The minimum Gasteiger partial charge on any atom is -0.493 e. The molecule has 0 spiro atoms. The SMILES string of the molecule is COc1cc2c(Oc3ccc(CS(=O)(=O)c4ccccc4C(F)(F)F)cc3F)ccnc2cc1OCCCNC1CCOCC1. The summed E-state index contributed by atoms with van der Waals surface area (Å²) in [6.07, 6.45) is -0.613. The second kappa shape index (κ2) is 14.0. The lowest BCUT2D eigenvalue weighted by Crippen LogP contribution is -2.35. The summed E-state index contributed by atoms with van der Waals surface area (Å²) in [7, 11) is -2.94. The quantitative estimate of drug-likeness (QED) is 0.134. The third-order valence-electron chi connectivity index (χ3n) is 7.32. The van der Waals surface area contributed by atoms with Gasteiger partial charge in [0.2, 0.25) is 0 Å². The largest absolute Gasteiger partial charge is 0.493 e. The molecule has 1 aliphatic rings. The summed E-state index contributed by atoms with van der Waals surface area (Å²) < 4.78 is 104. The first-order chi connectivity index (χ1) is 21.5. The molecule has 0 unspecified atom stereocenters. The van der Waals surface area contributed by atoms with Gasteiger partial charge in [-0.1, -0.05) is 18.2 Å². The molecule has 13 heteroatoms. The van der Waals surface area contributed by atoms with Crippen molar-refractivity contribution in [2.24, 2.45) is 0 Å². The van der Waals surface area contributed by atoms with Crippen molar-refractivity contribution >= 4 is 20.7 Å². The van der Waals surface area contributed by atoms with E-state index in [9.17, 15) is 21.6 Å². The average Bonchev–Trinajstić information content (AvgIpc) is 3.02. The van der Waals surface area contributed by atoms with Crippen LogP contribution in [0.25, 0.3) is 10.9 Å². The summed E-state index contributed by atoms with van der Waals surface area (Å²) in [4.78, 5) is 3.50. The predicted octanol–water partition coefficient (Wildman–Crippen LogP) is 6.71. The minimum atomic E-state index is -4.86. The second-order valence-electron chi connectivity index (χ2n) is 10.5. The summed E-state index contributed by atoms with van der Waals surface area (Å²) in [5.74, 6) is -0.763.